The average molecular weight is 328 g/mol. The lowest BCUT2D eigenvalue weighted by molar-refractivity contribution is 0.244. The molecule has 2 aromatic carbocycles. The molecule has 122 valence electrons. The summed E-state index contributed by atoms with van der Waals surface area (Å²) in [5.41, 5.74) is 4.82. The summed E-state index contributed by atoms with van der Waals surface area (Å²) in [7, 11) is 0.818. The molecule has 4 nitrogen and oxygen atoms in total. The van der Waals surface area contributed by atoms with E-state index in [1.165, 1.54) is 11.1 Å². The van der Waals surface area contributed by atoms with Gasteiger partial charge in [-0.05, 0) is 38.1 Å². The Hall–Kier alpha value is -1.82. The van der Waals surface area contributed by atoms with E-state index in [9.17, 15) is 0 Å². The van der Waals surface area contributed by atoms with Crippen LogP contribution in [0, 0.1) is 13.8 Å². The summed E-state index contributed by atoms with van der Waals surface area (Å²) in [5.74, 6) is 0. The second-order valence-corrected chi connectivity index (χ2v) is 8.92. The van der Waals surface area contributed by atoms with Gasteiger partial charge in [0.15, 0.2) is 0 Å². The smallest absolute Gasteiger partial charge is 0.365 e. The van der Waals surface area contributed by atoms with E-state index in [2.05, 4.69) is 71.5 Å². The van der Waals surface area contributed by atoms with Crippen molar-refractivity contribution in [3.63, 3.8) is 0 Å². The van der Waals surface area contributed by atoms with E-state index < -0.39 is 8.88 Å². The lowest BCUT2D eigenvalue weighted by atomic mass is 10.2. The summed E-state index contributed by atoms with van der Waals surface area (Å²) >= 11 is 0. The summed E-state index contributed by atoms with van der Waals surface area (Å²) in [4.78, 5) is 0. The zero-order chi connectivity index (χ0) is 16.4. The maximum Gasteiger partial charge on any atom is 0.588 e. The van der Waals surface area contributed by atoms with Gasteiger partial charge in [0.05, 0.1) is 0 Å². The molecule has 1 saturated heterocycles. The first-order valence-electron chi connectivity index (χ1n) is 7.89. The molecule has 0 radical (unpaired) electrons. The van der Waals surface area contributed by atoms with Gasteiger partial charge in [-0.1, -0.05) is 35.4 Å². The Morgan fingerprint density at radius 1 is 0.696 bits per heavy atom. The Balaban J connectivity index is 1.99. The van der Waals surface area contributed by atoms with Crippen LogP contribution in [0.1, 0.15) is 11.1 Å². The third-order valence-corrected chi connectivity index (χ3v) is 7.84. The summed E-state index contributed by atoms with van der Waals surface area (Å²) in [6, 6.07) is 17.1. The second kappa shape index (κ2) is 6.35. The van der Waals surface area contributed by atoms with E-state index in [0.29, 0.717) is 0 Å². The van der Waals surface area contributed by atoms with Gasteiger partial charge in [0.1, 0.15) is 0 Å². The van der Waals surface area contributed by atoms with Crippen LogP contribution in [0.3, 0.4) is 0 Å². The summed E-state index contributed by atoms with van der Waals surface area (Å²) in [6.45, 7) is 5.99. The van der Waals surface area contributed by atoms with Gasteiger partial charge in [0, 0.05) is 38.7 Å². The van der Waals surface area contributed by atoms with Gasteiger partial charge < -0.3 is 18.0 Å². The minimum absolute atomic E-state index is 0.894. The molecule has 1 heterocycles. The molecule has 1 aliphatic heterocycles. The van der Waals surface area contributed by atoms with Crippen LogP contribution in [-0.2, 0) is 8.85 Å². The molecule has 2 aromatic rings. The molecule has 1 aliphatic rings. The predicted octanol–water partition coefficient (Wildman–Crippen LogP) is 3.36. The van der Waals surface area contributed by atoms with Crippen molar-refractivity contribution in [1.29, 1.82) is 0 Å². The van der Waals surface area contributed by atoms with Gasteiger partial charge in [-0.2, -0.15) is 0 Å². The second-order valence-electron chi connectivity index (χ2n) is 5.93. The Bertz CT molecular complexity index is 598. The summed E-state index contributed by atoms with van der Waals surface area (Å²) in [5, 5.41) is 0. The molecule has 3 rings (SSSR count). The number of hydrogen-bond acceptors (Lipinski definition) is 4. The molecule has 0 spiro atoms. The first-order valence-corrected chi connectivity index (χ1v) is 9.61. The van der Waals surface area contributed by atoms with Gasteiger partial charge in [-0.25, -0.2) is 0 Å². The Morgan fingerprint density at radius 3 is 1.35 bits per heavy atom. The van der Waals surface area contributed by atoms with Crippen LogP contribution in [0.4, 0.5) is 11.4 Å². The van der Waals surface area contributed by atoms with E-state index in [1.54, 1.807) is 14.2 Å². The summed E-state index contributed by atoms with van der Waals surface area (Å²) in [6.07, 6.45) is 0. The van der Waals surface area contributed by atoms with Gasteiger partial charge in [-0.3, -0.25) is 0 Å². The monoisotopic (exact) mass is 328 g/mol. The fraction of sp³-hybridized carbons (Fsp3) is 0.333. The van der Waals surface area contributed by atoms with E-state index in [0.717, 1.165) is 24.5 Å². The highest BCUT2D eigenvalue weighted by molar-refractivity contribution is 6.76. The molecule has 1 fully saturated rings. The standard InChI is InChI=1S/C18H24N2O2Si/c1-15-5-9-17(10-6-15)19-13-14-20(23(19,21-3)22-4)18-11-7-16(2)8-12-18/h5-12H,13-14H2,1-4H3. The first-order chi connectivity index (χ1) is 11.1. The van der Waals surface area contributed by atoms with Gasteiger partial charge in [0.25, 0.3) is 0 Å². The van der Waals surface area contributed by atoms with Crippen LogP contribution in [0.25, 0.3) is 0 Å². The first kappa shape index (κ1) is 16.0. The van der Waals surface area contributed by atoms with Gasteiger partial charge in [0.2, 0.25) is 0 Å². The lowest BCUT2D eigenvalue weighted by Gasteiger charge is -2.38. The fourth-order valence-electron chi connectivity index (χ4n) is 3.19. The van der Waals surface area contributed by atoms with Gasteiger partial charge >= 0.3 is 8.88 Å². The third kappa shape index (κ3) is 2.76. The molecular weight excluding hydrogens is 304 g/mol. The third-order valence-electron chi connectivity index (χ3n) is 4.45. The van der Waals surface area contributed by atoms with Crippen molar-refractivity contribution in [2.45, 2.75) is 13.8 Å². The maximum atomic E-state index is 6.01. The van der Waals surface area contributed by atoms with Crippen LogP contribution in [0.15, 0.2) is 48.5 Å². The minimum Gasteiger partial charge on any atom is -0.365 e. The van der Waals surface area contributed by atoms with Crippen molar-refractivity contribution < 1.29 is 8.85 Å². The van der Waals surface area contributed by atoms with Crippen molar-refractivity contribution in [3.8, 4) is 0 Å². The van der Waals surface area contributed by atoms with E-state index in [-0.39, 0.29) is 0 Å². The highest BCUT2D eigenvalue weighted by Crippen LogP contribution is 2.34. The highest BCUT2D eigenvalue weighted by Gasteiger charge is 2.56. The Morgan fingerprint density at radius 2 is 1.04 bits per heavy atom. The zero-order valence-corrected chi connectivity index (χ0v) is 15.2. The molecule has 0 saturated carbocycles. The number of nitrogens with zero attached hydrogens (tertiary/aromatic N) is 2. The zero-order valence-electron chi connectivity index (χ0n) is 14.2. The quantitative estimate of drug-likeness (QED) is 0.804. The minimum atomic E-state index is -2.69. The molecule has 23 heavy (non-hydrogen) atoms. The van der Waals surface area contributed by atoms with Gasteiger partial charge in [-0.15, -0.1) is 0 Å². The summed E-state index contributed by atoms with van der Waals surface area (Å²) < 4.78 is 16.6. The average Bonchev–Trinajstić information content (AvgIpc) is 2.96. The molecule has 0 atom stereocenters. The Labute approximate surface area is 139 Å². The van der Waals surface area contributed by atoms with Crippen LogP contribution < -0.4 is 9.13 Å². The molecular formula is C18H24N2O2Si. The molecule has 0 amide bonds. The van der Waals surface area contributed by atoms with E-state index in [1.807, 2.05) is 0 Å². The molecule has 0 N–H and O–H groups in total. The van der Waals surface area contributed by atoms with Crippen molar-refractivity contribution in [2.24, 2.45) is 0 Å². The van der Waals surface area contributed by atoms with Crippen molar-refractivity contribution in [3.05, 3.63) is 59.7 Å². The van der Waals surface area contributed by atoms with Crippen LogP contribution >= 0.6 is 0 Å². The van der Waals surface area contributed by atoms with Crippen molar-refractivity contribution in [2.75, 3.05) is 36.4 Å². The molecule has 0 bridgehead atoms. The largest absolute Gasteiger partial charge is 0.588 e. The van der Waals surface area contributed by atoms with Crippen LogP contribution in [-0.4, -0.2) is 36.2 Å². The van der Waals surface area contributed by atoms with Crippen molar-refractivity contribution >= 4 is 20.3 Å². The normalized spacial score (nSPS) is 16.9. The molecule has 0 aliphatic carbocycles. The number of rotatable bonds is 4. The van der Waals surface area contributed by atoms with E-state index >= 15 is 0 Å². The SMILES string of the molecule is CO[Si]1(OC)N(c2ccc(C)cc2)CCN1c1ccc(C)cc1. The maximum absolute atomic E-state index is 6.01. The lowest BCUT2D eigenvalue weighted by Crippen LogP contribution is -2.63. The van der Waals surface area contributed by atoms with Crippen LogP contribution in [0.5, 0.6) is 0 Å². The number of benzene rings is 2. The predicted molar refractivity (Wildman–Crippen MR) is 96.8 cm³/mol. The Kier molecular flexibility index (Phi) is 4.43. The number of hydrogen-bond donors (Lipinski definition) is 0. The molecule has 5 heteroatoms. The fourth-order valence-corrected chi connectivity index (χ4v) is 6.24. The van der Waals surface area contributed by atoms with E-state index in [4.69, 9.17) is 8.85 Å². The molecule has 0 aromatic heterocycles. The molecule has 0 unspecified atom stereocenters. The highest BCUT2D eigenvalue weighted by atomic mass is 28.4. The van der Waals surface area contributed by atoms with Crippen LogP contribution in [0.2, 0.25) is 0 Å². The van der Waals surface area contributed by atoms with Crippen molar-refractivity contribution in [1.82, 2.24) is 0 Å². The topological polar surface area (TPSA) is 24.9 Å². The number of anilines is 2. The number of aryl methyl sites for hydroxylation is 2.